The Morgan fingerprint density at radius 1 is 1.48 bits per heavy atom. The number of hydrogen-bond donors (Lipinski definition) is 2. The molecule has 0 aliphatic heterocycles. The molecule has 7 heteroatoms. The highest BCUT2D eigenvalue weighted by Crippen LogP contribution is 2.34. The highest BCUT2D eigenvalue weighted by Gasteiger charge is 2.46. The van der Waals surface area contributed by atoms with Gasteiger partial charge in [0, 0.05) is 12.8 Å². The molecule has 2 unspecified atom stereocenters. The lowest BCUT2D eigenvalue weighted by molar-refractivity contribution is -0.152. The number of carbonyl (C=O) groups is 2. The van der Waals surface area contributed by atoms with E-state index < -0.39 is 11.5 Å². The van der Waals surface area contributed by atoms with Gasteiger partial charge in [-0.2, -0.15) is 4.98 Å². The molecule has 0 spiro atoms. The molecule has 7 nitrogen and oxygen atoms in total. The van der Waals surface area contributed by atoms with Gasteiger partial charge in [-0.15, -0.1) is 0 Å². The van der Waals surface area contributed by atoms with Crippen LogP contribution in [0.15, 0.2) is 4.52 Å². The smallest absolute Gasteiger partial charge is 0.329 e. The average molecular weight is 295 g/mol. The number of hydrogen-bond acceptors (Lipinski definition) is 5. The highest BCUT2D eigenvalue weighted by atomic mass is 16.5. The molecule has 0 radical (unpaired) electrons. The molecule has 2 N–H and O–H groups in total. The molecule has 1 saturated carbocycles. The first kappa shape index (κ1) is 15.5. The first-order chi connectivity index (χ1) is 9.94. The number of carbonyl (C=O) groups excluding carboxylic acids is 1. The van der Waals surface area contributed by atoms with Crippen molar-refractivity contribution in [3.05, 3.63) is 11.7 Å². The maximum absolute atomic E-state index is 12.1. The van der Waals surface area contributed by atoms with Crippen LogP contribution in [0.3, 0.4) is 0 Å². The van der Waals surface area contributed by atoms with Crippen LogP contribution in [0.2, 0.25) is 0 Å². The lowest BCUT2D eigenvalue weighted by Gasteiger charge is -2.39. The average Bonchev–Trinajstić information content (AvgIpc) is 2.85. The summed E-state index contributed by atoms with van der Waals surface area (Å²) < 4.78 is 4.94. The Balaban J connectivity index is 1.97. The molecule has 1 aliphatic rings. The lowest BCUT2D eigenvalue weighted by atomic mass is 9.73. The Kier molecular flexibility index (Phi) is 4.59. The van der Waals surface area contributed by atoms with Gasteiger partial charge in [0.15, 0.2) is 5.82 Å². The third kappa shape index (κ3) is 3.40. The van der Waals surface area contributed by atoms with Gasteiger partial charge in [0.25, 0.3) is 0 Å². The molecule has 1 amide bonds. The Bertz CT molecular complexity index is 528. The van der Waals surface area contributed by atoms with Gasteiger partial charge in [0.1, 0.15) is 5.54 Å². The Morgan fingerprint density at radius 3 is 2.81 bits per heavy atom. The first-order valence-electron chi connectivity index (χ1n) is 7.27. The van der Waals surface area contributed by atoms with Crippen LogP contribution in [0, 0.1) is 12.8 Å². The van der Waals surface area contributed by atoms with Gasteiger partial charge in [0.05, 0.1) is 0 Å². The van der Waals surface area contributed by atoms with Crippen molar-refractivity contribution in [2.24, 2.45) is 5.92 Å². The van der Waals surface area contributed by atoms with Crippen molar-refractivity contribution in [2.75, 3.05) is 0 Å². The number of carboxylic acids is 1. The SMILES string of the molecule is Cc1noc(CCC(=O)NC2(C(=O)O)CCCCC2C)n1. The van der Waals surface area contributed by atoms with Gasteiger partial charge < -0.3 is 14.9 Å². The first-order valence-corrected chi connectivity index (χ1v) is 7.27. The maximum Gasteiger partial charge on any atom is 0.329 e. The monoisotopic (exact) mass is 295 g/mol. The molecule has 1 fully saturated rings. The molecule has 1 aliphatic carbocycles. The molecule has 0 aromatic carbocycles. The van der Waals surface area contributed by atoms with Crippen LogP contribution in [0.5, 0.6) is 0 Å². The normalized spacial score (nSPS) is 25.5. The summed E-state index contributed by atoms with van der Waals surface area (Å²) in [6.07, 6.45) is 3.58. The van der Waals surface area contributed by atoms with Crippen molar-refractivity contribution in [1.29, 1.82) is 0 Å². The fourth-order valence-corrected chi connectivity index (χ4v) is 2.88. The Morgan fingerprint density at radius 2 is 2.24 bits per heavy atom. The zero-order valence-corrected chi connectivity index (χ0v) is 12.4. The molecule has 21 heavy (non-hydrogen) atoms. The summed E-state index contributed by atoms with van der Waals surface area (Å²) in [4.78, 5) is 27.7. The molecule has 0 bridgehead atoms. The van der Waals surface area contributed by atoms with Crippen LogP contribution in [0.1, 0.15) is 50.7 Å². The van der Waals surface area contributed by atoms with Crippen molar-refractivity contribution in [3.8, 4) is 0 Å². The molecule has 2 atom stereocenters. The zero-order valence-electron chi connectivity index (χ0n) is 12.4. The minimum absolute atomic E-state index is 0.0710. The van der Waals surface area contributed by atoms with Crippen molar-refractivity contribution in [3.63, 3.8) is 0 Å². The van der Waals surface area contributed by atoms with Crippen molar-refractivity contribution >= 4 is 11.9 Å². The number of aliphatic carboxylic acids is 1. The number of carboxylic acid groups (broad SMARTS) is 1. The summed E-state index contributed by atoms with van der Waals surface area (Å²) in [6.45, 7) is 3.59. The number of amides is 1. The van der Waals surface area contributed by atoms with E-state index in [9.17, 15) is 14.7 Å². The summed E-state index contributed by atoms with van der Waals surface area (Å²) in [7, 11) is 0. The van der Waals surface area contributed by atoms with Gasteiger partial charge >= 0.3 is 5.97 Å². The fraction of sp³-hybridized carbons (Fsp3) is 0.714. The Hall–Kier alpha value is -1.92. The largest absolute Gasteiger partial charge is 0.479 e. The molecular formula is C14H21N3O4. The van der Waals surface area contributed by atoms with Crippen molar-refractivity contribution < 1.29 is 19.2 Å². The fourth-order valence-electron chi connectivity index (χ4n) is 2.88. The minimum Gasteiger partial charge on any atom is -0.479 e. The van der Waals surface area contributed by atoms with E-state index in [1.807, 2.05) is 6.92 Å². The Labute approximate surface area is 123 Å². The van der Waals surface area contributed by atoms with Crippen LogP contribution in [-0.4, -0.2) is 32.7 Å². The maximum atomic E-state index is 12.1. The second kappa shape index (κ2) is 6.24. The predicted molar refractivity (Wildman–Crippen MR) is 73.5 cm³/mol. The van der Waals surface area contributed by atoms with Gasteiger partial charge in [-0.1, -0.05) is 24.9 Å². The number of nitrogens with one attached hydrogen (secondary N) is 1. The third-order valence-corrected chi connectivity index (χ3v) is 4.18. The molecule has 2 rings (SSSR count). The summed E-state index contributed by atoms with van der Waals surface area (Å²) in [5.41, 5.74) is -1.14. The summed E-state index contributed by atoms with van der Waals surface area (Å²) in [6, 6.07) is 0. The molecule has 0 saturated heterocycles. The van der Waals surface area contributed by atoms with E-state index in [2.05, 4.69) is 15.5 Å². The van der Waals surface area contributed by atoms with Crippen LogP contribution in [-0.2, 0) is 16.0 Å². The van der Waals surface area contributed by atoms with Gasteiger partial charge in [-0.25, -0.2) is 4.79 Å². The van der Waals surface area contributed by atoms with E-state index in [-0.39, 0.29) is 18.2 Å². The lowest BCUT2D eigenvalue weighted by Crippen LogP contribution is -2.60. The van der Waals surface area contributed by atoms with Gasteiger partial charge in [0.2, 0.25) is 11.8 Å². The second-order valence-corrected chi connectivity index (χ2v) is 5.71. The third-order valence-electron chi connectivity index (χ3n) is 4.18. The molecule has 1 aromatic heterocycles. The summed E-state index contributed by atoms with van der Waals surface area (Å²) in [5.74, 6) is -0.394. The molecule has 1 aromatic rings. The highest BCUT2D eigenvalue weighted by molar-refractivity contribution is 5.87. The standard InChI is InChI=1S/C14H21N3O4/c1-9-5-3-4-8-14(9,13(19)20)16-11(18)6-7-12-15-10(2)17-21-12/h9H,3-8H2,1-2H3,(H,16,18)(H,19,20). The van der Waals surface area contributed by atoms with Crippen LogP contribution < -0.4 is 5.32 Å². The van der Waals surface area contributed by atoms with E-state index in [1.54, 1.807) is 6.92 Å². The second-order valence-electron chi connectivity index (χ2n) is 5.71. The summed E-state index contributed by atoms with van der Waals surface area (Å²) in [5, 5.41) is 15.9. The van der Waals surface area contributed by atoms with E-state index in [4.69, 9.17) is 4.52 Å². The quantitative estimate of drug-likeness (QED) is 0.852. The van der Waals surface area contributed by atoms with Crippen molar-refractivity contribution in [1.82, 2.24) is 15.5 Å². The predicted octanol–water partition coefficient (Wildman–Crippen LogP) is 1.46. The summed E-state index contributed by atoms with van der Waals surface area (Å²) >= 11 is 0. The number of aryl methyl sites for hydroxylation is 2. The van der Waals surface area contributed by atoms with Crippen LogP contribution in [0.25, 0.3) is 0 Å². The minimum atomic E-state index is -1.14. The number of rotatable bonds is 5. The van der Waals surface area contributed by atoms with Gasteiger partial charge in [-0.05, 0) is 25.7 Å². The molecule has 1 heterocycles. The van der Waals surface area contributed by atoms with E-state index >= 15 is 0 Å². The van der Waals surface area contributed by atoms with Crippen molar-refractivity contribution in [2.45, 2.75) is 57.9 Å². The molecular weight excluding hydrogens is 274 g/mol. The topological polar surface area (TPSA) is 105 Å². The van der Waals surface area contributed by atoms with E-state index in [0.717, 1.165) is 19.3 Å². The van der Waals surface area contributed by atoms with Crippen LogP contribution in [0.4, 0.5) is 0 Å². The van der Waals surface area contributed by atoms with E-state index in [1.165, 1.54) is 0 Å². The van der Waals surface area contributed by atoms with E-state index in [0.29, 0.717) is 24.6 Å². The van der Waals surface area contributed by atoms with Gasteiger partial charge in [-0.3, -0.25) is 4.79 Å². The number of aromatic nitrogens is 2. The zero-order chi connectivity index (χ0) is 15.5. The number of nitrogens with zero attached hydrogens (tertiary/aromatic N) is 2. The molecule has 116 valence electrons. The van der Waals surface area contributed by atoms with Crippen LogP contribution >= 0.6 is 0 Å².